The molecule has 2 fully saturated rings. The smallest absolute Gasteiger partial charge is 0.265 e. The van der Waals surface area contributed by atoms with Crippen molar-refractivity contribution in [3.8, 4) is 11.4 Å². The Hall–Kier alpha value is -3.50. The molecule has 8 nitrogen and oxygen atoms in total. The van der Waals surface area contributed by atoms with Crippen molar-refractivity contribution in [3.63, 3.8) is 0 Å². The van der Waals surface area contributed by atoms with E-state index in [-0.39, 0.29) is 42.2 Å². The number of hydrogen-bond donors (Lipinski definition) is 1. The van der Waals surface area contributed by atoms with Crippen molar-refractivity contribution in [2.24, 2.45) is 10.7 Å². The van der Waals surface area contributed by atoms with Crippen molar-refractivity contribution in [1.82, 2.24) is 14.4 Å². The Morgan fingerprint density at radius 3 is 2.81 bits per heavy atom. The molecule has 2 N–H and O–H groups in total. The molecule has 1 saturated carbocycles. The van der Waals surface area contributed by atoms with Crippen LogP contribution in [0.3, 0.4) is 0 Å². The molecule has 0 amide bonds. The first-order chi connectivity index (χ1) is 17.5. The van der Waals surface area contributed by atoms with Crippen LogP contribution in [0.1, 0.15) is 48.6 Å². The van der Waals surface area contributed by atoms with Crippen molar-refractivity contribution in [2.75, 3.05) is 6.61 Å². The summed E-state index contributed by atoms with van der Waals surface area (Å²) >= 11 is 0. The zero-order chi connectivity index (χ0) is 24.8. The van der Waals surface area contributed by atoms with Gasteiger partial charge in [-0.1, -0.05) is 0 Å². The molecule has 10 heteroatoms. The van der Waals surface area contributed by atoms with Crippen LogP contribution in [0.25, 0.3) is 17.0 Å². The maximum Gasteiger partial charge on any atom is 0.265 e. The highest BCUT2D eigenvalue weighted by molar-refractivity contribution is 5.80. The third-order valence-electron chi connectivity index (χ3n) is 6.92. The molecule has 1 saturated heterocycles. The molecule has 0 spiro atoms. The second-order valence-electron chi connectivity index (χ2n) is 9.41. The molecule has 6 rings (SSSR count). The van der Waals surface area contributed by atoms with Gasteiger partial charge < -0.3 is 15.2 Å². The fourth-order valence-corrected chi connectivity index (χ4v) is 4.78. The minimum absolute atomic E-state index is 0.0220. The van der Waals surface area contributed by atoms with Crippen LogP contribution in [-0.2, 0) is 22.7 Å². The summed E-state index contributed by atoms with van der Waals surface area (Å²) in [5.74, 6) is -1.49. The second kappa shape index (κ2) is 9.18. The molecule has 186 valence electrons. The Morgan fingerprint density at radius 2 is 2.03 bits per heavy atom. The second-order valence-corrected chi connectivity index (χ2v) is 9.41. The van der Waals surface area contributed by atoms with Crippen molar-refractivity contribution in [3.05, 3.63) is 75.0 Å². The normalized spacial score (nSPS) is 22.4. The quantitative estimate of drug-likeness (QED) is 0.547. The van der Waals surface area contributed by atoms with Crippen molar-refractivity contribution >= 4 is 11.9 Å². The Morgan fingerprint density at radius 1 is 1.17 bits per heavy atom. The van der Waals surface area contributed by atoms with E-state index in [1.54, 1.807) is 12.3 Å². The van der Waals surface area contributed by atoms with Crippen LogP contribution in [0.15, 0.2) is 45.8 Å². The first-order valence-corrected chi connectivity index (χ1v) is 12.1. The summed E-state index contributed by atoms with van der Waals surface area (Å²) in [6, 6.07) is 5.36. The van der Waals surface area contributed by atoms with Gasteiger partial charge in [0.15, 0.2) is 5.82 Å². The first-order valence-electron chi connectivity index (χ1n) is 12.1. The largest absolute Gasteiger partial charge is 0.404 e. The maximum absolute atomic E-state index is 14.9. The van der Waals surface area contributed by atoms with Gasteiger partial charge in [0.05, 0.1) is 42.2 Å². The topological polar surface area (TPSA) is 104 Å². The van der Waals surface area contributed by atoms with Crippen LogP contribution in [-0.4, -0.2) is 39.3 Å². The Labute approximate surface area is 205 Å². The van der Waals surface area contributed by atoms with Gasteiger partial charge >= 0.3 is 0 Å². The molecular formula is C26H25F2N5O3. The molecule has 1 aromatic carbocycles. The number of nitrogens with two attached hydrogens (primary N) is 1. The predicted molar refractivity (Wildman–Crippen MR) is 129 cm³/mol. The van der Waals surface area contributed by atoms with Crippen molar-refractivity contribution in [2.45, 2.75) is 57.0 Å². The first kappa shape index (κ1) is 22.9. The lowest BCUT2D eigenvalue weighted by molar-refractivity contribution is 0.0320. The van der Waals surface area contributed by atoms with E-state index in [2.05, 4.69) is 9.98 Å². The zero-order valence-corrected chi connectivity index (χ0v) is 19.5. The maximum atomic E-state index is 14.9. The highest BCUT2D eigenvalue weighted by Gasteiger charge is 2.30. The molecule has 2 atom stereocenters. The van der Waals surface area contributed by atoms with Gasteiger partial charge in [-0.15, -0.1) is 0 Å². The number of nitrogens with zero attached hydrogens (tertiary/aromatic N) is 4. The minimum atomic E-state index is -0.806. The lowest BCUT2D eigenvalue weighted by atomic mass is 9.89. The summed E-state index contributed by atoms with van der Waals surface area (Å²) in [5, 5.41) is 0. The summed E-state index contributed by atoms with van der Waals surface area (Å²) in [6.45, 7) is 0.855. The molecule has 3 aromatic rings. The number of aliphatic imine (C=N–C) groups is 1. The molecule has 2 aliphatic heterocycles. The van der Waals surface area contributed by atoms with Gasteiger partial charge in [-0.25, -0.2) is 23.1 Å². The van der Waals surface area contributed by atoms with Crippen molar-refractivity contribution in [1.29, 1.82) is 0 Å². The van der Waals surface area contributed by atoms with Gasteiger partial charge in [-0.3, -0.25) is 9.79 Å². The number of rotatable bonds is 5. The number of halogens is 2. The summed E-state index contributed by atoms with van der Waals surface area (Å²) in [4.78, 5) is 27.3. The average Bonchev–Trinajstić information content (AvgIpc) is 3.58. The van der Waals surface area contributed by atoms with E-state index >= 15 is 0 Å². The van der Waals surface area contributed by atoms with E-state index in [9.17, 15) is 13.6 Å². The van der Waals surface area contributed by atoms with Crippen LogP contribution in [0, 0.1) is 11.6 Å². The lowest BCUT2D eigenvalue weighted by Gasteiger charge is -2.30. The molecule has 0 radical (unpaired) electrons. The standard InChI is InChI=1S/C26H25F2N5O3/c27-16-1-4-18(20(28)8-16)25-32-21(9-24-31-22-13-35-12-19(22)26(34)33(24)25)14-5-6-36-23(7-14)15(10-29)11-30-17-2-3-17/h1,4,8-11,14,17,23H,2-3,5-7,12-13,29H2/b15-10+,30-11?. The van der Waals surface area contributed by atoms with E-state index in [4.69, 9.17) is 20.2 Å². The summed E-state index contributed by atoms with van der Waals surface area (Å²) in [7, 11) is 0. The molecule has 36 heavy (non-hydrogen) atoms. The highest BCUT2D eigenvalue weighted by atomic mass is 19.1. The predicted octanol–water partition coefficient (Wildman–Crippen LogP) is 3.40. The van der Waals surface area contributed by atoms with E-state index in [1.165, 1.54) is 16.7 Å². The molecular weight excluding hydrogens is 468 g/mol. The molecule has 2 aromatic heterocycles. The number of ether oxygens (including phenoxy) is 2. The van der Waals surface area contributed by atoms with E-state index in [0.717, 1.165) is 30.5 Å². The van der Waals surface area contributed by atoms with Crippen LogP contribution in [0.5, 0.6) is 0 Å². The molecule has 2 unspecified atom stereocenters. The van der Waals surface area contributed by atoms with Gasteiger partial charge in [0.2, 0.25) is 0 Å². The van der Waals surface area contributed by atoms with E-state index in [0.29, 0.717) is 48.1 Å². The van der Waals surface area contributed by atoms with Crippen LogP contribution in [0.4, 0.5) is 8.78 Å². The fraction of sp³-hybridized carbons (Fsp3) is 0.385. The number of hydrogen-bond acceptors (Lipinski definition) is 7. The van der Waals surface area contributed by atoms with Crippen LogP contribution in [0.2, 0.25) is 0 Å². The Balaban J connectivity index is 1.45. The molecule has 4 heterocycles. The monoisotopic (exact) mass is 493 g/mol. The number of benzene rings is 1. The third kappa shape index (κ3) is 4.20. The third-order valence-corrected chi connectivity index (χ3v) is 6.92. The fourth-order valence-electron chi connectivity index (χ4n) is 4.78. The van der Waals surface area contributed by atoms with Crippen LogP contribution >= 0.6 is 0 Å². The Bertz CT molecular complexity index is 1460. The lowest BCUT2D eigenvalue weighted by Crippen LogP contribution is -2.29. The van der Waals surface area contributed by atoms with Gasteiger partial charge in [0.25, 0.3) is 5.56 Å². The SMILES string of the molecule is N/C=C(\C=NC1CC1)C1CC(c2cc3nc4c(c(=O)n3c(-c3ccc(F)cc3F)n2)COC4)CCO1. The van der Waals surface area contributed by atoms with E-state index < -0.39 is 11.6 Å². The minimum Gasteiger partial charge on any atom is -0.404 e. The molecule has 0 bridgehead atoms. The molecule has 3 aliphatic rings. The van der Waals surface area contributed by atoms with Crippen LogP contribution < -0.4 is 11.3 Å². The van der Waals surface area contributed by atoms with Gasteiger partial charge in [0.1, 0.15) is 17.3 Å². The highest BCUT2D eigenvalue weighted by Crippen LogP contribution is 2.34. The van der Waals surface area contributed by atoms with Gasteiger partial charge in [-0.05, 0) is 37.8 Å². The van der Waals surface area contributed by atoms with Gasteiger partial charge in [0, 0.05) is 48.3 Å². The summed E-state index contributed by atoms with van der Waals surface area (Å²) < 4.78 is 41.3. The average molecular weight is 494 g/mol. The number of aromatic nitrogens is 3. The Kier molecular flexibility index (Phi) is 5.85. The summed E-state index contributed by atoms with van der Waals surface area (Å²) in [6.07, 6.45) is 6.51. The van der Waals surface area contributed by atoms with E-state index in [1.807, 2.05) is 0 Å². The summed E-state index contributed by atoms with van der Waals surface area (Å²) in [5.41, 5.74) is 8.34. The molecule has 1 aliphatic carbocycles. The van der Waals surface area contributed by atoms with Crippen molar-refractivity contribution < 1.29 is 18.3 Å². The number of fused-ring (bicyclic) bond motifs is 2. The zero-order valence-electron chi connectivity index (χ0n) is 19.5. The van der Waals surface area contributed by atoms with Gasteiger partial charge in [-0.2, -0.15) is 0 Å².